The number of nitrogens with zero attached hydrogens (tertiary/aromatic N) is 3. The standard InChI is InChI=1S/C18H22N3Si/c1-6-21-17(11-14(2)20-21)12-16(13-19)15-7-9-18(10-8-15)22(3,4)5/h7-11H,6H2,1-5H3. The molecule has 4 heteroatoms. The van der Waals surface area contributed by atoms with Gasteiger partial charge >= 0.3 is 0 Å². The lowest BCUT2D eigenvalue weighted by atomic mass is 10.1. The van der Waals surface area contributed by atoms with Gasteiger partial charge < -0.3 is 0 Å². The van der Waals surface area contributed by atoms with Crippen LogP contribution in [0.3, 0.4) is 0 Å². The summed E-state index contributed by atoms with van der Waals surface area (Å²) in [7, 11) is -1.31. The lowest BCUT2D eigenvalue weighted by Crippen LogP contribution is -2.37. The normalized spacial score (nSPS) is 12.3. The molecule has 1 radical (unpaired) electrons. The van der Waals surface area contributed by atoms with Gasteiger partial charge in [-0.1, -0.05) is 49.1 Å². The zero-order chi connectivity index (χ0) is 16.3. The first-order valence-corrected chi connectivity index (χ1v) is 11.0. The van der Waals surface area contributed by atoms with Crippen molar-refractivity contribution in [3.05, 3.63) is 53.4 Å². The van der Waals surface area contributed by atoms with Crippen molar-refractivity contribution < 1.29 is 0 Å². The summed E-state index contributed by atoms with van der Waals surface area (Å²) in [5, 5.41) is 15.3. The maximum atomic E-state index is 9.47. The van der Waals surface area contributed by atoms with Gasteiger partial charge in [-0.05, 0) is 25.5 Å². The van der Waals surface area contributed by atoms with Crippen molar-refractivity contribution in [2.45, 2.75) is 40.0 Å². The zero-order valence-electron chi connectivity index (χ0n) is 13.9. The fraction of sp³-hybridized carbons (Fsp3) is 0.333. The van der Waals surface area contributed by atoms with Crippen molar-refractivity contribution in [3.63, 3.8) is 0 Å². The van der Waals surface area contributed by atoms with E-state index >= 15 is 0 Å². The molecule has 3 nitrogen and oxygen atoms in total. The monoisotopic (exact) mass is 308 g/mol. The van der Waals surface area contributed by atoms with Gasteiger partial charge in [-0.2, -0.15) is 10.4 Å². The van der Waals surface area contributed by atoms with E-state index in [2.05, 4.69) is 49.0 Å². The summed E-state index contributed by atoms with van der Waals surface area (Å²) in [5.74, 6) is 0. The summed E-state index contributed by atoms with van der Waals surface area (Å²) in [5.41, 5.74) is 3.25. The highest BCUT2D eigenvalue weighted by Gasteiger charge is 2.16. The topological polar surface area (TPSA) is 41.6 Å². The molecule has 113 valence electrons. The molecule has 0 aliphatic carbocycles. The summed E-state index contributed by atoms with van der Waals surface area (Å²) in [6.07, 6.45) is 3.21. The molecule has 0 aliphatic heterocycles. The van der Waals surface area contributed by atoms with Gasteiger partial charge in [0, 0.05) is 12.6 Å². The molecule has 0 spiro atoms. The van der Waals surface area contributed by atoms with Crippen molar-refractivity contribution in [3.8, 4) is 6.07 Å². The molecule has 0 aliphatic rings. The first-order chi connectivity index (χ1) is 10.3. The van der Waals surface area contributed by atoms with Crippen molar-refractivity contribution in [2.75, 3.05) is 0 Å². The van der Waals surface area contributed by atoms with Crippen LogP contribution in [-0.4, -0.2) is 17.9 Å². The van der Waals surface area contributed by atoms with Gasteiger partial charge in [0.15, 0.2) is 0 Å². The van der Waals surface area contributed by atoms with Crippen LogP contribution >= 0.6 is 0 Å². The molecule has 0 saturated heterocycles. The molecule has 22 heavy (non-hydrogen) atoms. The molecule has 0 unspecified atom stereocenters. The van der Waals surface area contributed by atoms with Crippen molar-refractivity contribution in [2.24, 2.45) is 0 Å². The van der Waals surface area contributed by atoms with E-state index in [4.69, 9.17) is 0 Å². The van der Waals surface area contributed by atoms with E-state index in [1.54, 1.807) is 0 Å². The van der Waals surface area contributed by atoms with Crippen LogP contribution in [-0.2, 0) is 6.54 Å². The average Bonchev–Trinajstić information content (AvgIpc) is 2.84. The SMILES string of the molecule is CCn1nc(C)cc1/[C]=C(\C#N)c1ccc([Si](C)(C)C)cc1. The Balaban J connectivity index is 2.40. The molecule has 2 aromatic rings. The molecule has 1 aromatic heterocycles. The van der Waals surface area contributed by atoms with E-state index in [9.17, 15) is 5.26 Å². The van der Waals surface area contributed by atoms with Crippen LogP contribution in [0.4, 0.5) is 0 Å². The van der Waals surface area contributed by atoms with Crippen LogP contribution in [0.5, 0.6) is 0 Å². The van der Waals surface area contributed by atoms with Gasteiger partial charge in [0.1, 0.15) is 6.07 Å². The number of hydrogen-bond donors (Lipinski definition) is 0. The van der Waals surface area contributed by atoms with E-state index in [-0.39, 0.29) is 0 Å². The van der Waals surface area contributed by atoms with Crippen molar-refractivity contribution in [1.29, 1.82) is 5.26 Å². The van der Waals surface area contributed by atoms with Gasteiger partial charge in [0.25, 0.3) is 0 Å². The van der Waals surface area contributed by atoms with Crippen molar-refractivity contribution >= 4 is 18.8 Å². The van der Waals surface area contributed by atoms with Crippen LogP contribution in [0, 0.1) is 24.3 Å². The highest BCUT2D eigenvalue weighted by Crippen LogP contribution is 2.16. The third-order valence-electron chi connectivity index (χ3n) is 3.61. The lowest BCUT2D eigenvalue weighted by molar-refractivity contribution is 0.642. The highest BCUT2D eigenvalue weighted by atomic mass is 28.3. The second-order valence-corrected chi connectivity index (χ2v) is 11.5. The predicted octanol–water partition coefficient (Wildman–Crippen LogP) is 3.52. The van der Waals surface area contributed by atoms with E-state index < -0.39 is 8.07 Å². The molecular weight excluding hydrogens is 286 g/mol. The molecule has 0 fully saturated rings. The Hall–Kier alpha value is -2.12. The molecule has 0 N–H and O–H groups in total. The summed E-state index contributed by atoms with van der Waals surface area (Å²) in [4.78, 5) is 0. The molecular formula is C18H22N3Si. The lowest BCUT2D eigenvalue weighted by Gasteiger charge is -2.16. The number of rotatable bonds is 4. The average molecular weight is 308 g/mol. The maximum absolute atomic E-state index is 9.47. The van der Waals surface area contributed by atoms with Crippen LogP contribution in [0.1, 0.15) is 23.9 Å². The second kappa shape index (κ2) is 6.33. The third-order valence-corrected chi connectivity index (χ3v) is 5.67. The quantitative estimate of drug-likeness (QED) is 0.640. The molecule has 1 aromatic carbocycles. The Morgan fingerprint density at radius 3 is 2.36 bits per heavy atom. The van der Waals surface area contributed by atoms with Crippen LogP contribution < -0.4 is 5.19 Å². The number of nitriles is 1. The Bertz CT molecular complexity index is 725. The molecule has 1 heterocycles. The van der Waals surface area contributed by atoms with E-state index in [0.717, 1.165) is 23.5 Å². The van der Waals surface area contributed by atoms with Gasteiger partial charge in [-0.25, -0.2) is 0 Å². The van der Waals surface area contributed by atoms with E-state index in [1.165, 1.54) is 5.19 Å². The summed E-state index contributed by atoms with van der Waals surface area (Å²) >= 11 is 0. The minimum atomic E-state index is -1.31. The van der Waals surface area contributed by atoms with Gasteiger partial charge in [-0.3, -0.25) is 4.68 Å². The maximum Gasteiger partial charge on any atom is 0.100 e. The minimum absolute atomic E-state index is 0.553. The van der Waals surface area contributed by atoms with Crippen LogP contribution in [0.15, 0.2) is 30.3 Å². The molecule has 0 atom stereocenters. The molecule has 0 saturated carbocycles. The zero-order valence-corrected chi connectivity index (χ0v) is 14.9. The van der Waals surface area contributed by atoms with Crippen molar-refractivity contribution in [1.82, 2.24) is 9.78 Å². The number of benzene rings is 1. The fourth-order valence-corrected chi connectivity index (χ4v) is 3.48. The van der Waals surface area contributed by atoms with Gasteiger partial charge in [-0.15, -0.1) is 0 Å². The first kappa shape index (κ1) is 16.3. The molecule has 0 amide bonds. The highest BCUT2D eigenvalue weighted by molar-refractivity contribution is 6.88. The number of allylic oxidation sites excluding steroid dienone is 1. The molecule has 0 bridgehead atoms. The van der Waals surface area contributed by atoms with Crippen LogP contribution in [0.2, 0.25) is 19.6 Å². The summed E-state index contributed by atoms with van der Waals surface area (Å²) < 4.78 is 1.86. The number of aryl methyl sites for hydroxylation is 2. The summed E-state index contributed by atoms with van der Waals surface area (Å²) in [6, 6.07) is 12.6. The smallest absolute Gasteiger partial charge is 0.100 e. The van der Waals surface area contributed by atoms with E-state index in [1.807, 2.05) is 36.7 Å². The number of hydrogen-bond acceptors (Lipinski definition) is 2. The Labute approximate surface area is 133 Å². The Morgan fingerprint density at radius 1 is 1.23 bits per heavy atom. The second-order valence-electron chi connectivity index (χ2n) is 6.43. The fourth-order valence-electron chi connectivity index (χ4n) is 2.32. The predicted molar refractivity (Wildman–Crippen MR) is 93.4 cm³/mol. The third kappa shape index (κ3) is 3.55. The Kier molecular flexibility index (Phi) is 4.67. The van der Waals surface area contributed by atoms with Crippen LogP contribution in [0.25, 0.3) is 5.57 Å². The Morgan fingerprint density at radius 2 is 1.86 bits per heavy atom. The van der Waals surface area contributed by atoms with E-state index in [0.29, 0.717) is 5.57 Å². The first-order valence-electron chi connectivity index (χ1n) is 7.54. The molecule has 2 rings (SSSR count). The van der Waals surface area contributed by atoms with Gasteiger partial charge in [0.2, 0.25) is 0 Å². The largest absolute Gasteiger partial charge is 0.265 e. The minimum Gasteiger partial charge on any atom is -0.265 e. The summed E-state index contributed by atoms with van der Waals surface area (Å²) in [6.45, 7) is 11.7. The number of aromatic nitrogens is 2. The van der Waals surface area contributed by atoms with Gasteiger partial charge in [0.05, 0.1) is 25.0 Å².